The van der Waals surface area contributed by atoms with Gasteiger partial charge in [0, 0.05) is 6.92 Å². The molecule has 0 aromatic heterocycles. The molecule has 20 nitrogen and oxygen atoms in total. The van der Waals surface area contributed by atoms with E-state index in [1.807, 2.05) is 0 Å². The van der Waals surface area contributed by atoms with E-state index in [0.717, 1.165) is 26.4 Å². The summed E-state index contributed by atoms with van der Waals surface area (Å²) in [6.45, 7) is 17.6. The zero-order valence-corrected chi connectivity index (χ0v) is 42.8. The third-order valence-corrected chi connectivity index (χ3v) is 19.8. The number of rotatable bonds is 10. The number of hydrogen-bond donors (Lipinski definition) is 10. The molecule has 0 bridgehead atoms. The number of carbonyl (C=O) groups is 2. The molecule has 8 rings (SSSR count). The second-order valence-corrected chi connectivity index (χ2v) is 24.6. The summed E-state index contributed by atoms with van der Waals surface area (Å²) in [5, 5.41) is 109. The molecule has 20 heteroatoms. The smallest absolute Gasteiger partial charge is 0.337 e. The maximum Gasteiger partial charge on any atom is 0.337 e. The minimum Gasteiger partial charge on any atom is -0.467 e. The number of fused-ring (bicyclic) bond motifs is 7. The molecular weight excluding hydrogens is 933 g/mol. The fourth-order valence-corrected chi connectivity index (χ4v) is 15.7. The lowest BCUT2D eigenvalue weighted by atomic mass is 9.33. The van der Waals surface area contributed by atoms with Crippen LogP contribution in [0.2, 0.25) is 0 Å². The average molecular weight is 1020 g/mol. The van der Waals surface area contributed by atoms with Gasteiger partial charge in [-0.15, -0.1) is 0 Å². The molecule has 0 radical (unpaired) electrons. The third kappa shape index (κ3) is 8.86. The van der Waals surface area contributed by atoms with Crippen molar-refractivity contribution in [3.63, 3.8) is 0 Å². The quantitative estimate of drug-likeness (QED) is 0.0801. The molecule has 8 aliphatic rings. The van der Waals surface area contributed by atoms with Gasteiger partial charge in [-0.2, -0.15) is 0 Å². The molecule has 0 aromatic rings. The van der Waals surface area contributed by atoms with Crippen LogP contribution in [0.3, 0.4) is 0 Å². The molecule has 4 saturated carbocycles. The highest BCUT2D eigenvalue weighted by Gasteiger charge is 2.72. The number of carbonyl (C=O) groups excluding carboxylic acids is 2. The van der Waals surface area contributed by atoms with Crippen LogP contribution in [0.1, 0.15) is 114 Å². The van der Waals surface area contributed by atoms with E-state index in [9.17, 15) is 60.7 Å². The monoisotopic (exact) mass is 1010 g/mol. The molecular formula is C51H82O20. The molecule has 0 aromatic carbocycles. The highest BCUT2D eigenvalue weighted by Crippen LogP contribution is 2.76. The van der Waals surface area contributed by atoms with Crippen molar-refractivity contribution in [3.8, 4) is 0 Å². The Labute approximate surface area is 415 Å². The molecule has 0 spiro atoms. The summed E-state index contributed by atoms with van der Waals surface area (Å²) in [4.78, 5) is 26.3. The lowest BCUT2D eigenvalue weighted by Crippen LogP contribution is -2.70. The Hall–Kier alpha value is -1.96. The van der Waals surface area contributed by atoms with Gasteiger partial charge < -0.3 is 89.0 Å². The summed E-state index contributed by atoms with van der Waals surface area (Å²) >= 11 is 0. The number of hydrogen-bond acceptors (Lipinski definition) is 20. The Kier molecular flexibility index (Phi) is 15.2. The molecule has 0 amide bonds. The second kappa shape index (κ2) is 19.6. The number of allylic oxidation sites excluding steroid dienone is 2. The highest BCUT2D eigenvalue weighted by atomic mass is 16.7. The Morgan fingerprint density at radius 2 is 1.35 bits per heavy atom. The van der Waals surface area contributed by atoms with Gasteiger partial charge in [0.25, 0.3) is 0 Å². The van der Waals surface area contributed by atoms with E-state index < -0.39 is 145 Å². The predicted molar refractivity (Wildman–Crippen MR) is 246 cm³/mol. The van der Waals surface area contributed by atoms with Gasteiger partial charge in [-0.05, 0) is 103 Å². The molecule has 25 atom stereocenters. The van der Waals surface area contributed by atoms with Crippen LogP contribution in [0.25, 0.3) is 0 Å². The predicted octanol–water partition coefficient (Wildman–Crippen LogP) is 0.335. The van der Waals surface area contributed by atoms with Crippen LogP contribution in [0.15, 0.2) is 11.6 Å². The van der Waals surface area contributed by atoms with Crippen molar-refractivity contribution in [3.05, 3.63) is 11.6 Å². The molecule has 10 N–H and O–H groups in total. The van der Waals surface area contributed by atoms with E-state index in [4.69, 9.17) is 37.9 Å². The number of esters is 2. The van der Waals surface area contributed by atoms with E-state index in [-0.39, 0.29) is 40.6 Å². The number of methoxy groups -OCH3 is 1. The number of ether oxygens (including phenoxy) is 8. The topological polar surface area (TPSA) is 310 Å². The van der Waals surface area contributed by atoms with E-state index in [0.29, 0.717) is 32.1 Å². The van der Waals surface area contributed by atoms with Gasteiger partial charge in [0.15, 0.2) is 25.0 Å². The first kappa shape index (κ1) is 55.3. The molecule has 71 heavy (non-hydrogen) atoms. The van der Waals surface area contributed by atoms with Crippen molar-refractivity contribution in [1.82, 2.24) is 0 Å². The largest absolute Gasteiger partial charge is 0.467 e. The Morgan fingerprint density at radius 3 is 2.00 bits per heavy atom. The zero-order valence-electron chi connectivity index (χ0n) is 42.8. The maximum atomic E-state index is 13.2. The van der Waals surface area contributed by atoms with E-state index in [1.54, 1.807) is 6.92 Å². The van der Waals surface area contributed by atoms with E-state index >= 15 is 0 Å². The first-order valence-corrected chi connectivity index (χ1v) is 25.6. The van der Waals surface area contributed by atoms with E-state index in [1.165, 1.54) is 12.5 Å². The Morgan fingerprint density at radius 1 is 0.704 bits per heavy atom. The fourth-order valence-electron chi connectivity index (χ4n) is 15.7. The summed E-state index contributed by atoms with van der Waals surface area (Å²) in [5.74, 6) is -1.62. The highest BCUT2D eigenvalue weighted by molar-refractivity contribution is 5.75. The zero-order chi connectivity index (χ0) is 52.3. The SMILES string of the molecule is COC(=O)C1OC(OC2CCC3(C)C(CCC4(C)C3CC=C3C5CC(C)(C)CC(O)C5(COC5OC(C)C(O)C(O)C5O)C(OC(C)=O)CC34C)C2(C)C)C(O)C(OC2OC(CO)C(O)C(O)C2O)C1O. The van der Waals surface area contributed by atoms with Crippen molar-refractivity contribution in [2.75, 3.05) is 20.3 Å². The molecule has 5 aliphatic carbocycles. The van der Waals surface area contributed by atoms with Crippen LogP contribution in [0.5, 0.6) is 0 Å². The van der Waals surface area contributed by atoms with Crippen molar-refractivity contribution >= 4 is 11.9 Å². The van der Waals surface area contributed by atoms with Crippen LogP contribution >= 0.6 is 0 Å². The number of aliphatic hydroxyl groups is 10. The van der Waals surface area contributed by atoms with Crippen LogP contribution in [0.4, 0.5) is 0 Å². The fraction of sp³-hybridized carbons (Fsp3) is 0.922. The van der Waals surface area contributed by atoms with Gasteiger partial charge in [-0.1, -0.05) is 60.1 Å². The van der Waals surface area contributed by atoms with Crippen molar-refractivity contribution in [2.24, 2.45) is 50.2 Å². The van der Waals surface area contributed by atoms with Gasteiger partial charge in [0.1, 0.15) is 67.1 Å². The van der Waals surface area contributed by atoms with Gasteiger partial charge >= 0.3 is 11.9 Å². The number of aliphatic hydroxyl groups excluding tert-OH is 10. The summed E-state index contributed by atoms with van der Waals surface area (Å²) in [6, 6.07) is 0. The van der Waals surface area contributed by atoms with Gasteiger partial charge in [0.05, 0.1) is 44.1 Å². The van der Waals surface area contributed by atoms with Gasteiger partial charge in [-0.3, -0.25) is 4.79 Å². The molecule has 3 saturated heterocycles. The van der Waals surface area contributed by atoms with Crippen molar-refractivity contribution in [1.29, 1.82) is 0 Å². The minimum atomic E-state index is -1.86. The van der Waals surface area contributed by atoms with Crippen molar-refractivity contribution < 1.29 is 98.5 Å². The third-order valence-electron chi connectivity index (χ3n) is 19.8. The average Bonchev–Trinajstić information content (AvgIpc) is 3.29. The van der Waals surface area contributed by atoms with Crippen molar-refractivity contribution in [2.45, 2.75) is 224 Å². The minimum absolute atomic E-state index is 0.0585. The van der Waals surface area contributed by atoms with Crippen LogP contribution in [-0.4, -0.2) is 194 Å². The molecule has 7 fully saturated rings. The molecule has 3 aliphatic heterocycles. The van der Waals surface area contributed by atoms with Crippen LogP contribution < -0.4 is 0 Å². The van der Waals surface area contributed by atoms with E-state index in [2.05, 4.69) is 54.5 Å². The lowest BCUT2D eigenvalue weighted by molar-refractivity contribution is -0.365. The first-order chi connectivity index (χ1) is 33.0. The van der Waals surface area contributed by atoms with Crippen LogP contribution in [0, 0.1) is 50.2 Å². The van der Waals surface area contributed by atoms with Gasteiger partial charge in [0.2, 0.25) is 0 Å². The Balaban J connectivity index is 1.08. The summed E-state index contributed by atoms with van der Waals surface area (Å²) < 4.78 is 47.7. The summed E-state index contributed by atoms with van der Waals surface area (Å²) in [6.07, 6.45) is -18.6. The molecule has 3 heterocycles. The molecule has 25 unspecified atom stereocenters. The second-order valence-electron chi connectivity index (χ2n) is 24.6. The first-order valence-electron chi connectivity index (χ1n) is 25.6. The normalized spacial score (nSPS) is 52.4. The Bertz CT molecular complexity index is 1980. The maximum absolute atomic E-state index is 13.2. The standard InChI is InChI=1S/C51H82O20/c1-22-32(55)34(57)36(59)43(66-22)65-21-51-25(17-46(3,4)18-29(51)54)24-11-12-28-48(7)15-14-30(47(5,6)27(48)13-16-49(28,8)50(24,9)19-31(51)67-23(2)53)69-45-39(62)40(38(61)41(71-45)42(63)64-10)70-44-37(60)35(58)33(56)26(20-52)68-44/h11,22,25-41,43-45,52,54-62H,12-21H2,1-10H3. The lowest BCUT2D eigenvalue weighted by Gasteiger charge is -2.72. The summed E-state index contributed by atoms with van der Waals surface area (Å²) in [5.41, 5.74) is -1.99. The summed E-state index contributed by atoms with van der Waals surface area (Å²) in [7, 11) is 1.10. The van der Waals surface area contributed by atoms with Gasteiger partial charge in [-0.25, -0.2) is 4.79 Å². The van der Waals surface area contributed by atoms with Crippen LogP contribution in [-0.2, 0) is 47.5 Å². The molecule has 406 valence electrons.